The molecular formula is C45H62O12. The first-order valence-corrected chi connectivity index (χ1v) is 21.5. The highest BCUT2D eigenvalue weighted by atomic mass is 16.8. The second-order valence-electron chi connectivity index (χ2n) is 19.5. The summed E-state index contributed by atoms with van der Waals surface area (Å²) >= 11 is 0. The van der Waals surface area contributed by atoms with Gasteiger partial charge in [0.25, 0.3) is 0 Å². The quantitative estimate of drug-likeness (QED) is 0.200. The number of benzene rings is 1. The average molecular weight is 795 g/mol. The zero-order chi connectivity index (χ0) is 40.2. The minimum Gasteiger partial charge on any atom is -0.507 e. The highest BCUT2D eigenvalue weighted by Crippen LogP contribution is 2.70. The minimum atomic E-state index is -1.12. The molecule has 12 nitrogen and oxygen atoms in total. The summed E-state index contributed by atoms with van der Waals surface area (Å²) in [6.07, 6.45) is 5.98. The van der Waals surface area contributed by atoms with Gasteiger partial charge in [-0.3, -0.25) is 0 Å². The molecule has 1 aromatic carbocycles. The molecule has 0 amide bonds. The van der Waals surface area contributed by atoms with Crippen molar-refractivity contribution < 1.29 is 58.4 Å². The fourth-order valence-electron chi connectivity index (χ4n) is 13.1. The Morgan fingerprint density at radius 2 is 1.60 bits per heavy atom. The van der Waals surface area contributed by atoms with Crippen molar-refractivity contribution >= 4 is 12.0 Å². The van der Waals surface area contributed by atoms with Crippen LogP contribution in [0.1, 0.15) is 111 Å². The van der Waals surface area contributed by atoms with E-state index in [0.717, 1.165) is 32.1 Å². The van der Waals surface area contributed by atoms with Gasteiger partial charge < -0.3 is 53.6 Å². The van der Waals surface area contributed by atoms with E-state index in [2.05, 4.69) is 6.92 Å². The number of para-hydroxylation sites is 1. The van der Waals surface area contributed by atoms with Gasteiger partial charge in [-0.05, 0) is 120 Å². The highest BCUT2D eigenvalue weighted by molar-refractivity contribution is 5.90. The first-order valence-electron chi connectivity index (χ1n) is 21.5. The third-order valence-electron chi connectivity index (χ3n) is 16.0. The van der Waals surface area contributed by atoms with Crippen molar-refractivity contribution in [2.75, 3.05) is 0 Å². The molecule has 0 radical (unpaired) electrons. The van der Waals surface area contributed by atoms with Crippen LogP contribution in [0.2, 0.25) is 0 Å². The number of aromatic hydroxyl groups is 1. The number of ether oxygens (including phenoxy) is 7. The first-order chi connectivity index (χ1) is 27.0. The molecule has 3 saturated heterocycles. The maximum Gasteiger partial charge on any atom is 0.336 e. The maximum absolute atomic E-state index is 12.9. The van der Waals surface area contributed by atoms with Gasteiger partial charge in [-0.2, -0.15) is 0 Å². The Bertz CT molecular complexity index is 1770. The van der Waals surface area contributed by atoms with Crippen LogP contribution in [0.5, 0.6) is 5.75 Å². The second-order valence-corrected chi connectivity index (χ2v) is 19.5. The van der Waals surface area contributed by atoms with Crippen LogP contribution in [0, 0.1) is 34.5 Å². The molecule has 1 aromatic rings. The molecule has 17 atom stereocenters. The zero-order valence-electron chi connectivity index (χ0n) is 34.2. The molecule has 4 heterocycles. The normalized spacial score (nSPS) is 49.7. The highest BCUT2D eigenvalue weighted by Gasteiger charge is 2.71. The van der Waals surface area contributed by atoms with E-state index in [1.54, 1.807) is 24.3 Å². The predicted octanol–water partition coefficient (Wildman–Crippen LogP) is 5.88. The van der Waals surface area contributed by atoms with Crippen LogP contribution < -0.4 is 0 Å². The summed E-state index contributed by atoms with van der Waals surface area (Å²) in [5.41, 5.74) is -0.860. The number of rotatable bonds is 6. The Labute approximate surface area is 335 Å². The number of aliphatic hydroxyl groups excluding tert-OH is 2. The molecule has 4 unspecified atom stereocenters. The number of aliphatic hydroxyl groups is 3. The summed E-state index contributed by atoms with van der Waals surface area (Å²) in [6, 6.07) is 6.91. The first kappa shape index (κ1) is 40.0. The number of hydrogen-bond donors (Lipinski definition) is 4. The Morgan fingerprint density at radius 3 is 2.37 bits per heavy atom. The van der Waals surface area contributed by atoms with Gasteiger partial charge in [-0.1, -0.05) is 32.0 Å². The van der Waals surface area contributed by atoms with Gasteiger partial charge in [0.05, 0.1) is 42.2 Å². The van der Waals surface area contributed by atoms with Crippen molar-refractivity contribution in [3.63, 3.8) is 0 Å². The van der Waals surface area contributed by atoms with Crippen LogP contribution in [-0.4, -0.2) is 99.2 Å². The van der Waals surface area contributed by atoms with Crippen molar-refractivity contribution in [1.82, 2.24) is 0 Å². The molecule has 9 rings (SSSR count). The SMILES string of the molecule is CC1O[C@@H](O[C@H]2CC[C@@]3(C)[C@H](CC[C@@H]4[C@@H]3C[C@@H](O)[C@]3(C)[C@@H](C5=CC(=O)O/C5=C\c5ccccc5O)CC[C@]43O)C2)C[C@@H](O)C1O[C@H]1C[C@H]2OC(C)(C)OC2C(C)O1. The van der Waals surface area contributed by atoms with Gasteiger partial charge in [0, 0.05) is 35.5 Å². The number of phenolic OH excluding ortho intramolecular Hbond substituents is 1. The average Bonchev–Trinajstić information content (AvgIpc) is 3.77. The van der Waals surface area contributed by atoms with E-state index in [0.29, 0.717) is 54.9 Å². The number of esters is 1. The van der Waals surface area contributed by atoms with E-state index in [1.165, 1.54) is 6.08 Å². The van der Waals surface area contributed by atoms with Crippen LogP contribution in [0.4, 0.5) is 0 Å². The van der Waals surface area contributed by atoms with Gasteiger partial charge in [-0.15, -0.1) is 0 Å². The molecule has 4 N–H and O–H groups in total. The largest absolute Gasteiger partial charge is 0.507 e. The lowest BCUT2D eigenvalue weighted by molar-refractivity contribution is -0.313. The van der Waals surface area contributed by atoms with Gasteiger partial charge in [0.2, 0.25) is 0 Å². The van der Waals surface area contributed by atoms with Gasteiger partial charge in [0.1, 0.15) is 23.7 Å². The Balaban J connectivity index is 0.839. The van der Waals surface area contributed by atoms with E-state index in [4.69, 9.17) is 33.2 Å². The zero-order valence-corrected chi connectivity index (χ0v) is 34.2. The monoisotopic (exact) mass is 794 g/mol. The van der Waals surface area contributed by atoms with Gasteiger partial charge in [0.15, 0.2) is 18.4 Å². The smallest absolute Gasteiger partial charge is 0.336 e. The topological polar surface area (TPSA) is 163 Å². The van der Waals surface area contributed by atoms with E-state index in [9.17, 15) is 25.2 Å². The molecule has 0 aromatic heterocycles. The van der Waals surface area contributed by atoms with Crippen molar-refractivity contribution in [3.8, 4) is 5.75 Å². The van der Waals surface area contributed by atoms with Crippen molar-refractivity contribution in [3.05, 3.63) is 47.2 Å². The predicted molar refractivity (Wildman–Crippen MR) is 206 cm³/mol. The lowest BCUT2D eigenvalue weighted by Crippen LogP contribution is -2.67. The number of cyclic esters (lactones) is 1. The maximum atomic E-state index is 12.9. The molecule has 0 bridgehead atoms. The number of allylic oxidation sites excluding steroid dienone is 1. The summed E-state index contributed by atoms with van der Waals surface area (Å²) < 4.78 is 43.3. The fraction of sp³-hybridized carbons (Fsp3) is 0.756. The molecular weight excluding hydrogens is 732 g/mol. The van der Waals surface area contributed by atoms with Gasteiger partial charge in [-0.25, -0.2) is 4.79 Å². The summed E-state index contributed by atoms with van der Waals surface area (Å²) in [5.74, 6) is -0.478. The fourth-order valence-corrected chi connectivity index (χ4v) is 13.1. The van der Waals surface area contributed by atoms with Gasteiger partial charge >= 0.3 is 5.97 Å². The van der Waals surface area contributed by atoms with E-state index >= 15 is 0 Å². The number of carbonyl (C=O) groups excluding carboxylic acids is 1. The summed E-state index contributed by atoms with van der Waals surface area (Å²) in [5, 5.41) is 46.9. The molecule has 57 heavy (non-hydrogen) atoms. The lowest BCUT2D eigenvalue weighted by atomic mass is 9.42. The number of hydrogen-bond acceptors (Lipinski definition) is 12. The molecule has 314 valence electrons. The molecule has 4 saturated carbocycles. The van der Waals surface area contributed by atoms with E-state index in [-0.39, 0.29) is 53.3 Å². The standard InChI is InChI=1S/C45H62O12/c1-23-40(55-39-22-35-41(24(2)52-39)57-42(3,4)56-35)33(47)21-38(51-23)53-27-13-15-43(5)26(18-27)11-12-30-31(43)20-36(48)44(6)29(14-16-45(30,44)50)28-19-37(49)54-34(28)17-25-9-7-8-10-32(25)46/h7-10,17,19,23-24,26-27,29-31,33,35-36,38-41,46-48,50H,11-16,18,20-22H2,1-6H3/b34-17-/t23?,24?,26-,27+,29-,30-,31+,33-,35-,36-,38+,39+,40?,41?,43+,44+,45+/m1/s1. The van der Waals surface area contributed by atoms with Crippen LogP contribution >= 0.6 is 0 Å². The van der Waals surface area contributed by atoms with Crippen molar-refractivity contribution in [2.45, 2.75) is 179 Å². The molecule has 4 aliphatic heterocycles. The lowest BCUT2D eigenvalue weighted by Gasteiger charge is -2.65. The summed E-state index contributed by atoms with van der Waals surface area (Å²) in [4.78, 5) is 12.7. The number of fused-ring (bicyclic) bond motifs is 6. The van der Waals surface area contributed by atoms with Crippen LogP contribution in [-0.2, 0) is 38.0 Å². The summed E-state index contributed by atoms with van der Waals surface area (Å²) in [6.45, 7) is 12.1. The third kappa shape index (κ3) is 6.64. The molecule has 0 spiro atoms. The Kier molecular flexibility index (Phi) is 10.1. The van der Waals surface area contributed by atoms with E-state index in [1.807, 2.05) is 40.7 Å². The Hall–Kier alpha value is -2.39. The number of carbonyl (C=O) groups is 1. The minimum absolute atomic E-state index is 0.00899. The number of phenols is 1. The molecule has 4 aliphatic carbocycles. The van der Waals surface area contributed by atoms with Crippen LogP contribution in [0.25, 0.3) is 6.08 Å². The third-order valence-corrected chi connectivity index (χ3v) is 16.0. The summed E-state index contributed by atoms with van der Waals surface area (Å²) in [7, 11) is 0. The molecule has 8 aliphatic rings. The van der Waals surface area contributed by atoms with Crippen LogP contribution in [0.3, 0.4) is 0 Å². The Morgan fingerprint density at radius 1 is 0.842 bits per heavy atom. The second kappa shape index (κ2) is 14.4. The van der Waals surface area contributed by atoms with E-state index < -0.39 is 59.8 Å². The van der Waals surface area contributed by atoms with Crippen molar-refractivity contribution in [2.24, 2.45) is 34.5 Å². The molecule has 12 heteroatoms. The van der Waals surface area contributed by atoms with Crippen LogP contribution in [0.15, 0.2) is 41.7 Å². The van der Waals surface area contributed by atoms with Crippen molar-refractivity contribution in [1.29, 1.82) is 0 Å². The molecule has 7 fully saturated rings.